The minimum atomic E-state index is 0.0619. The summed E-state index contributed by atoms with van der Waals surface area (Å²) in [5, 5.41) is 0. The fourth-order valence-electron chi connectivity index (χ4n) is 1.30. The predicted molar refractivity (Wildman–Crippen MR) is 63.0 cm³/mol. The van der Waals surface area contributed by atoms with E-state index in [4.69, 9.17) is 11.6 Å². The number of Topliss-reactive ketones (excluding diaryl/α,β-unsaturated/α-hetero) is 1. The molecule has 0 amide bonds. The lowest BCUT2D eigenvalue weighted by molar-refractivity contribution is -0.116. The molecule has 0 N–H and O–H groups in total. The second-order valence-corrected chi connectivity index (χ2v) is 4.35. The summed E-state index contributed by atoms with van der Waals surface area (Å²) in [6, 6.07) is 6.08. The van der Waals surface area contributed by atoms with Gasteiger partial charge >= 0.3 is 0 Å². The van der Waals surface area contributed by atoms with Crippen LogP contribution in [0.25, 0.3) is 0 Å². The van der Waals surface area contributed by atoms with Crippen molar-refractivity contribution in [2.75, 3.05) is 5.88 Å². The van der Waals surface area contributed by atoms with E-state index >= 15 is 0 Å². The van der Waals surface area contributed by atoms with Crippen molar-refractivity contribution in [2.45, 2.75) is 19.8 Å². The lowest BCUT2D eigenvalue weighted by Crippen LogP contribution is -2.04. The Morgan fingerprint density at radius 2 is 2.00 bits per heavy atom. The van der Waals surface area contributed by atoms with Gasteiger partial charge in [-0.2, -0.15) is 0 Å². The van der Waals surface area contributed by atoms with Gasteiger partial charge in [-0.25, -0.2) is 0 Å². The van der Waals surface area contributed by atoms with Crippen LogP contribution in [0.4, 0.5) is 0 Å². The van der Waals surface area contributed by atoms with Crippen LogP contribution in [0.2, 0.25) is 0 Å². The number of hydrogen-bond donors (Lipinski definition) is 0. The second-order valence-electron chi connectivity index (χ2n) is 3.17. The summed E-state index contributed by atoms with van der Waals surface area (Å²) in [4.78, 5) is 11.1. The number of rotatable bonds is 4. The number of halogens is 2. The lowest BCUT2D eigenvalue weighted by Gasteiger charge is -2.03. The zero-order valence-electron chi connectivity index (χ0n) is 8.02. The molecule has 1 rings (SSSR count). The molecule has 0 unspecified atom stereocenters. The van der Waals surface area contributed by atoms with Gasteiger partial charge in [-0.05, 0) is 29.7 Å². The van der Waals surface area contributed by atoms with Crippen LogP contribution in [0.5, 0.6) is 0 Å². The summed E-state index contributed by atoms with van der Waals surface area (Å²) in [5.74, 6) is 0.153. The Morgan fingerprint density at radius 1 is 1.36 bits per heavy atom. The molecule has 0 aliphatic carbocycles. The molecule has 0 spiro atoms. The van der Waals surface area contributed by atoms with E-state index in [2.05, 4.69) is 35.0 Å². The van der Waals surface area contributed by atoms with E-state index in [9.17, 15) is 4.79 Å². The van der Waals surface area contributed by atoms with Gasteiger partial charge in [0.2, 0.25) is 0 Å². The van der Waals surface area contributed by atoms with Gasteiger partial charge in [-0.3, -0.25) is 4.79 Å². The van der Waals surface area contributed by atoms with Crippen LogP contribution in [-0.4, -0.2) is 11.7 Å². The molecule has 0 aliphatic rings. The first kappa shape index (κ1) is 11.7. The first-order valence-electron chi connectivity index (χ1n) is 4.51. The molecule has 3 heteroatoms. The van der Waals surface area contributed by atoms with Crippen molar-refractivity contribution in [1.29, 1.82) is 0 Å². The van der Waals surface area contributed by atoms with Gasteiger partial charge in [0.1, 0.15) is 0 Å². The van der Waals surface area contributed by atoms with Crippen LogP contribution < -0.4 is 0 Å². The van der Waals surface area contributed by atoms with E-state index in [0.29, 0.717) is 6.42 Å². The third-order valence-corrected chi connectivity index (χ3v) is 2.73. The van der Waals surface area contributed by atoms with Gasteiger partial charge in [-0.15, -0.1) is 11.6 Å². The van der Waals surface area contributed by atoms with Gasteiger partial charge in [0.05, 0.1) is 5.88 Å². The molecule has 0 saturated heterocycles. The van der Waals surface area contributed by atoms with Crippen LogP contribution in [0.15, 0.2) is 22.7 Å². The Hall–Kier alpha value is -0.340. The molecule has 76 valence electrons. The second kappa shape index (κ2) is 5.52. The maximum atomic E-state index is 11.1. The molecular weight excluding hydrogens is 263 g/mol. The number of ketones is 1. The highest BCUT2D eigenvalue weighted by Gasteiger charge is 2.03. The molecule has 1 nitrogen and oxygen atoms in total. The third-order valence-electron chi connectivity index (χ3n) is 1.98. The van der Waals surface area contributed by atoms with Crippen LogP contribution in [0.3, 0.4) is 0 Å². The molecule has 1 aromatic rings. The molecule has 0 fully saturated rings. The first-order valence-corrected chi connectivity index (χ1v) is 5.84. The average molecular weight is 276 g/mol. The fraction of sp³-hybridized carbons (Fsp3) is 0.364. The largest absolute Gasteiger partial charge is 0.298 e. The summed E-state index contributed by atoms with van der Waals surface area (Å²) in [7, 11) is 0. The smallest absolute Gasteiger partial charge is 0.151 e. The van der Waals surface area contributed by atoms with E-state index < -0.39 is 0 Å². The number of alkyl halides is 1. The molecule has 0 aromatic heterocycles. The van der Waals surface area contributed by atoms with Gasteiger partial charge in [0.15, 0.2) is 5.78 Å². The highest BCUT2D eigenvalue weighted by molar-refractivity contribution is 9.10. The number of benzene rings is 1. The quantitative estimate of drug-likeness (QED) is 0.770. The Labute approximate surface area is 97.6 Å². The monoisotopic (exact) mass is 274 g/mol. The molecule has 0 bridgehead atoms. The SMILES string of the molecule is CCc1cc(Br)cc(CC(=O)CCl)c1. The summed E-state index contributed by atoms with van der Waals surface area (Å²) < 4.78 is 1.02. The standard InChI is InChI=1S/C11H12BrClO/c1-2-8-3-9(5-10(12)4-8)6-11(14)7-13/h3-5H,2,6-7H2,1H3. The normalized spacial score (nSPS) is 10.2. The van der Waals surface area contributed by atoms with Crippen molar-refractivity contribution in [3.8, 4) is 0 Å². The zero-order valence-corrected chi connectivity index (χ0v) is 10.4. The molecule has 0 saturated carbocycles. The van der Waals surface area contributed by atoms with Crippen molar-refractivity contribution < 1.29 is 4.79 Å². The van der Waals surface area contributed by atoms with E-state index in [1.54, 1.807) is 0 Å². The minimum absolute atomic E-state index is 0.0619. The summed E-state index contributed by atoms with van der Waals surface area (Å²) in [6.45, 7) is 2.09. The van der Waals surface area contributed by atoms with Crippen molar-refractivity contribution in [3.05, 3.63) is 33.8 Å². The van der Waals surface area contributed by atoms with Crippen molar-refractivity contribution in [3.63, 3.8) is 0 Å². The summed E-state index contributed by atoms with van der Waals surface area (Å²) in [5.41, 5.74) is 2.26. The first-order chi connectivity index (χ1) is 6.65. The summed E-state index contributed by atoms with van der Waals surface area (Å²) in [6.07, 6.45) is 1.40. The van der Waals surface area contributed by atoms with E-state index in [-0.39, 0.29) is 11.7 Å². The van der Waals surface area contributed by atoms with Crippen LogP contribution in [0.1, 0.15) is 18.1 Å². The van der Waals surface area contributed by atoms with Crippen molar-refractivity contribution in [1.82, 2.24) is 0 Å². The van der Waals surface area contributed by atoms with Crippen molar-refractivity contribution >= 4 is 33.3 Å². The zero-order chi connectivity index (χ0) is 10.6. The van der Waals surface area contributed by atoms with Gasteiger partial charge in [-0.1, -0.05) is 28.9 Å². The fourth-order valence-corrected chi connectivity index (χ4v) is 1.98. The minimum Gasteiger partial charge on any atom is -0.298 e. The molecule has 1 aromatic carbocycles. The molecule has 0 heterocycles. The topological polar surface area (TPSA) is 17.1 Å². The van der Waals surface area contributed by atoms with Crippen molar-refractivity contribution in [2.24, 2.45) is 0 Å². The van der Waals surface area contributed by atoms with Crippen LogP contribution in [-0.2, 0) is 17.6 Å². The molecular formula is C11H12BrClO. The van der Waals surface area contributed by atoms with E-state index in [1.165, 1.54) is 5.56 Å². The number of carbonyl (C=O) groups is 1. The molecule has 0 atom stereocenters. The molecule has 0 radical (unpaired) electrons. The summed E-state index contributed by atoms with van der Waals surface area (Å²) >= 11 is 8.88. The molecule has 0 aliphatic heterocycles. The van der Waals surface area contributed by atoms with E-state index in [1.807, 2.05) is 6.07 Å². The Balaban J connectivity index is 2.86. The average Bonchev–Trinajstić information content (AvgIpc) is 2.16. The number of hydrogen-bond acceptors (Lipinski definition) is 1. The third kappa shape index (κ3) is 3.43. The van der Waals surface area contributed by atoms with Gasteiger partial charge < -0.3 is 0 Å². The number of aryl methyl sites for hydroxylation is 1. The maximum absolute atomic E-state index is 11.1. The molecule has 14 heavy (non-hydrogen) atoms. The van der Waals surface area contributed by atoms with Crippen LogP contribution >= 0.6 is 27.5 Å². The maximum Gasteiger partial charge on any atom is 0.151 e. The van der Waals surface area contributed by atoms with E-state index in [0.717, 1.165) is 16.5 Å². The van der Waals surface area contributed by atoms with Gasteiger partial charge in [0.25, 0.3) is 0 Å². The number of carbonyl (C=O) groups excluding carboxylic acids is 1. The Bertz CT molecular complexity index is 336. The lowest BCUT2D eigenvalue weighted by atomic mass is 10.1. The Kier molecular flexibility index (Phi) is 4.63. The predicted octanol–water partition coefficient (Wildman–Crippen LogP) is 3.36. The van der Waals surface area contributed by atoms with Crippen LogP contribution in [0, 0.1) is 0 Å². The highest BCUT2D eigenvalue weighted by Crippen LogP contribution is 2.17. The van der Waals surface area contributed by atoms with Gasteiger partial charge in [0, 0.05) is 10.9 Å². The Morgan fingerprint density at radius 3 is 2.57 bits per heavy atom. The highest BCUT2D eigenvalue weighted by atomic mass is 79.9.